The van der Waals surface area contributed by atoms with Crippen LogP contribution in [0.3, 0.4) is 0 Å². The topological polar surface area (TPSA) is 140 Å². The van der Waals surface area contributed by atoms with Gasteiger partial charge in [0.2, 0.25) is 0 Å². The SMILES string of the molecule is O=P(O)(O)OCC1CC(O)C(n2cnc3c(Cl)ncnc32)O1. The zero-order valence-corrected chi connectivity index (χ0v) is 12.6. The summed E-state index contributed by atoms with van der Waals surface area (Å²) in [5.74, 6) is 0. The van der Waals surface area contributed by atoms with Crippen LogP contribution in [0.25, 0.3) is 11.2 Å². The van der Waals surface area contributed by atoms with E-state index in [2.05, 4.69) is 19.5 Å². The first-order valence-electron chi connectivity index (χ1n) is 6.22. The maximum Gasteiger partial charge on any atom is 0.469 e. The number of fused-ring (bicyclic) bond motifs is 1. The molecule has 0 bridgehead atoms. The number of hydrogen-bond acceptors (Lipinski definition) is 7. The van der Waals surface area contributed by atoms with Gasteiger partial charge in [0.25, 0.3) is 0 Å². The largest absolute Gasteiger partial charge is 0.469 e. The van der Waals surface area contributed by atoms with E-state index in [1.54, 1.807) is 0 Å². The molecular weight excluding hydrogens is 339 g/mol. The summed E-state index contributed by atoms with van der Waals surface area (Å²) >= 11 is 5.91. The maximum atomic E-state index is 10.7. The van der Waals surface area contributed by atoms with Crippen molar-refractivity contribution in [3.63, 3.8) is 0 Å². The Bertz CT molecular complexity index is 735. The van der Waals surface area contributed by atoms with Crippen LogP contribution in [0.5, 0.6) is 0 Å². The average Bonchev–Trinajstić information content (AvgIpc) is 3.00. The molecule has 120 valence electrons. The maximum absolute atomic E-state index is 10.7. The Hall–Kier alpha value is -1.13. The number of hydrogen-bond donors (Lipinski definition) is 3. The standard InChI is InChI=1S/C10H12ClN4O6P/c11-8-7-9(13-3-12-8)15(4-14-7)10-6(16)1-5(21-10)2-20-22(17,18)19/h3-6,10,16H,1-2H2,(H2,17,18,19). The summed E-state index contributed by atoms with van der Waals surface area (Å²) in [6.45, 7) is -0.333. The van der Waals surface area contributed by atoms with Crippen molar-refractivity contribution in [2.45, 2.75) is 24.9 Å². The van der Waals surface area contributed by atoms with Gasteiger partial charge in [0.1, 0.15) is 17.9 Å². The predicted molar refractivity (Wildman–Crippen MR) is 72.9 cm³/mol. The number of aromatic nitrogens is 4. The Balaban J connectivity index is 1.80. The first-order valence-corrected chi connectivity index (χ1v) is 8.12. The Morgan fingerprint density at radius 1 is 1.45 bits per heavy atom. The normalized spacial score (nSPS) is 25.9. The summed E-state index contributed by atoms with van der Waals surface area (Å²) in [6, 6.07) is 0. The summed E-state index contributed by atoms with van der Waals surface area (Å²) in [7, 11) is -4.58. The highest BCUT2D eigenvalue weighted by Crippen LogP contribution is 2.38. The van der Waals surface area contributed by atoms with E-state index < -0.39 is 26.3 Å². The number of nitrogens with zero attached hydrogens (tertiary/aromatic N) is 4. The van der Waals surface area contributed by atoms with Crippen molar-refractivity contribution in [2.75, 3.05) is 6.61 Å². The van der Waals surface area contributed by atoms with Crippen molar-refractivity contribution in [2.24, 2.45) is 0 Å². The molecule has 1 saturated heterocycles. The number of phosphoric ester groups is 1. The van der Waals surface area contributed by atoms with Crippen molar-refractivity contribution in [3.8, 4) is 0 Å². The number of aliphatic hydroxyl groups excluding tert-OH is 1. The second-order valence-corrected chi connectivity index (χ2v) is 6.32. The zero-order valence-electron chi connectivity index (χ0n) is 11.0. The quantitative estimate of drug-likeness (QED) is 0.522. The van der Waals surface area contributed by atoms with Gasteiger partial charge in [0, 0.05) is 6.42 Å². The van der Waals surface area contributed by atoms with Crippen LogP contribution in [0.2, 0.25) is 5.15 Å². The summed E-state index contributed by atoms with van der Waals surface area (Å²) in [4.78, 5) is 29.3. The Morgan fingerprint density at radius 3 is 2.95 bits per heavy atom. The summed E-state index contributed by atoms with van der Waals surface area (Å²) in [5.41, 5.74) is 0.760. The molecule has 2 aromatic heterocycles. The average molecular weight is 351 g/mol. The van der Waals surface area contributed by atoms with Gasteiger partial charge in [-0.15, -0.1) is 0 Å². The molecule has 3 heterocycles. The van der Waals surface area contributed by atoms with Crippen molar-refractivity contribution in [3.05, 3.63) is 17.8 Å². The third kappa shape index (κ3) is 3.13. The number of imidazole rings is 1. The van der Waals surface area contributed by atoms with Crippen LogP contribution in [0.15, 0.2) is 12.7 Å². The smallest absolute Gasteiger partial charge is 0.388 e. The molecule has 0 saturated carbocycles. The number of aliphatic hydroxyl groups is 1. The van der Waals surface area contributed by atoms with E-state index in [9.17, 15) is 9.67 Å². The Labute approximate surface area is 128 Å². The molecule has 0 spiro atoms. The lowest BCUT2D eigenvalue weighted by Gasteiger charge is -2.16. The lowest BCUT2D eigenvalue weighted by molar-refractivity contribution is -0.0481. The van der Waals surface area contributed by atoms with E-state index >= 15 is 0 Å². The minimum Gasteiger partial charge on any atom is -0.388 e. The monoisotopic (exact) mass is 350 g/mol. The first-order chi connectivity index (χ1) is 10.3. The molecule has 0 amide bonds. The highest BCUT2D eigenvalue weighted by atomic mass is 35.5. The second kappa shape index (κ2) is 5.82. The van der Waals surface area contributed by atoms with E-state index in [-0.39, 0.29) is 18.2 Å². The van der Waals surface area contributed by atoms with Crippen molar-refractivity contribution in [1.82, 2.24) is 19.5 Å². The van der Waals surface area contributed by atoms with Crippen LogP contribution in [0, 0.1) is 0 Å². The molecule has 3 atom stereocenters. The van der Waals surface area contributed by atoms with Crippen LogP contribution in [-0.2, 0) is 13.8 Å². The molecule has 1 aliphatic rings. The molecule has 0 radical (unpaired) electrons. The minimum absolute atomic E-state index is 0.156. The molecular formula is C10H12ClN4O6P. The highest BCUT2D eigenvalue weighted by Gasteiger charge is 2.37. The highest BCUT2D eigenvalue weighted by molar-refractivity contribution is 7.46. The van der Waals surface area contributed by atoms with Gasteiger partial charge in [-0.1, -0.05) is 11.6 Å². The molecule has 0 aliphatic carbocycles. The Kier molecular flexibility index (Phi) is 4.17. The molecule has 10 nitrogen and oxygen atoms in total. The molecule has 3 unspecified atom stereocenters. The molecule has 0 aromatic carbocycles. The van der Waals surface area contributed by atoms with E-state index in [0.29, 0.717) is 11.2 Å². The van der Waals surface area contributed by atoms with Gasteiger partial charge in [-0.25, -0.2) is 19.5 Å². The van der Waals surface area contributed by atoms with Crippen molar-refractivity contribution < 1.29 is 28.7 Å². The molecule has 3 rings (SSSR count). The van der Waals surface area contributed by atoms with Crippen LogP contribution in [-0.4, -0.2) is 53.2 Å². The van der Waals surface area contributed by atoms with Gasteiger partial charge in [-0.2, -0.15) is 0 Å². The molecule has 1 aliphatic heterocycles. The lowest BCUT2D eigenvalue weighted by atomic mass is 10.2. The minimum atomic E-state index is -4.58. The first kappa shape index (κ1) is 15.8. The lowest BCUT2D eigenvalue weighted by Crippen LogP contribution is -2.19. The predicted octanol–water partition coefficient (Wildman–Crippen LogP) is 0.237. The summed E-state index contributed by atoms with van der Waals surface area (Å²) < 4.78 is 22.1. The molecule has 2 aromatic rings. The van der Waals surface area contributed by atoms with Crippen LogP contribution >= 0.6 is 19.4 Å². The van der Waals surface area contributed by atoms with E-state index in [1.165, 1.54) is 17.2 Å². The molecule has 12 heteroatoms. The van der Waals surface area contributed by atoms with Crippen molar-refractivity contribution >= 4 is 30.6 Å². The zero-order chi connectivity index (χ0) is 15.9. The fourth-order valence-electron chi connectivity index (χ4n) is 2.28. The molecule has 22 heavy (non-hydrogen) atoms. The van der Waals surface area contributed by atoms with Crippen LogP contribution < -0.4 is 0 Å². The third-order valence-corrected chi connectivity index (χ3v) is 3.94. The van der Waals surface area contributed by atoms with Gasteiger partial charge in [-0.3, -0.25) is 9.09 Å². The van der Waals surface area contributed by atoms with Gasteiger partial charge in [0.15, 0.2) is 17.0 Å². The van der Waals surface area contributed by atoms with Gasteiger partial charge < -0.3 is 19.6 Å². The number of halogens is 1. The van der Waals surface area contributed by atoms with Crippen LogP contribution in [0.1, 0.15) is 12.6 Å². The molecule has 3 N–H and O–H groups in total. The van der Waals surface area contributed by atoms with E-state index in [4.69, 9.17) is 26.1 Å². The number of rotatable bonds is 4. The molecule has 1 fully saturated rings. The fourth-order valence-corrected chi connectivity index (χ4v) is 2.81. The van der Waals surface area contributed by atoms with E-state index in [0.717, 1.165) is 0 Å². The second-order valence-electron chi connectivity index (χ2n) is 4.73. The van der Waals surface area contributed by atoms with Gasteiger partial charge >= 0.3 is 7.82 Å². The fraction of sp³-hybridized carbons (Fsp3) is 0.500. The number of ether oxygens (including phenoxy) is 1. The van der Waals surface area contributed by atoms with Crippen molar-refractivity contribution in [1.29, 1.82) is 0 Å². The third-order valence-electron chi connectivity index (χ3n) is 3.18. The summed E-state index contributed by atoms with van der Waals surface area (Å²) in [5, 5.41) is 10.3. The Morgan fingerprint density at radius 2 is 2.23 bits per heavy atom. The van der Waals surface area contributed by atoms with Gasteiger partial charge in [-0.05, 0) is 0 Å². The number of phosphoric acid groups is 1. The summed E-state index contributed by atoms with van der Waals surface area (Å²) in [6.07, 6.45) is 0.452. The van der Waals surface area contributed by atoms with Gasteiger partial charge in [0.05, 0.1) is 19.0 Å². The van der Waals surface area contributed by atoms with E-state index in [1.807, 2.05) is 0 Å². The van der Waals surface area contributed by atoms with Crippen LogP contribution in [0.4, 0.5) is 0 Å².